The molecule has 0 saturated heterocycles. The third-order valence-electron chi connectivity index (χ3n) is 5.25. The topological polar surface area (TPSA) is 92.3 Å². The molecule has 0 unspecified atom stereocenters. The van der Waals surface area contributed by atoms with Crippen LogP contribution < -0.4 is 15.2 Å². The number of carbonyl (C=O) groups excluding carboxylic acids is 1. The molecule has 4 aromatic rings. The zero-order valence-corrected chi connectivity index (χ0v) is 16.9. The molecule has 2 aromatic carbocycles. The summed E-state index contributed by atoms with van der Waals surface area (Å²) in [4.78, 5) is 20.9. The lowest BCUT2D eigenvalue weighted by molar-refractivity contribution is 0.100. The number of hydrogen-bond acceptors (Lipinski definition) is 5. The SMILES string of the molecule is Cn1c(-c2ccc(C(N)=O)cc2)nc(-c2ccccn2)c1-c1ccc2c(c1)OCCO2. The molecule has 3 heterocycles. The van der Waals surface area contributed by atoms with E-state index in [1.54, 1.807) is 18.3 Å². The minimum absolute atomic E-state index is 0.454. The average Bonchev–Trinajstić information content (AvgIpc) is 3.16. The van der Waals surface area contributed by atoms with Crippen molar-refractivity contribution in [3.63, 3.8) is 0 Å². The van der Waals surface area contributed by atoms with Gasteiger partial charge in [-0.1, -0.05) is 18.2 Å². The summed E-state index contributed by atoms with van der Waals surface area (Å²) in [7, 11) is 1.96. The van der Waals surface area contributed by atoms with E-state index in [1.165, 1.54) is 0 Å². The predicted molar refractivity (Wildman–Crippen MR) is 117 cm³/mol. The van der Waals surface area contributed by atoms with E-state index in [2.05, 4.69) is 4.98 Å². The van der Waals surface area contributed by atoms with Gasteiger partial charge >= 0.3 is 0 Å². The molecular weight excluding hydrogens is 392 g/mol. The van der Waals surface area contributed by atoms with Gasteiger partial charge in [0.15, 0.2) is 11.5 Å². The van der Waals surface area contributed by atoms with Crippen LogP contribution in [0.5, 0.6) is 11.5 Å². The van der Waals surface area contributed by atoms with Crippen LogP contribution in [0.1, 0.15) is 10.4 Å². The van der Waals surface area contributed by atoms with Crippen molar-refractivity contribution in [3.8, 4) is 45.5 Å². The van der Waals surface area contributed by atoms with E-state index in [-0.39, 0.29) is 0 Å². The van der Waals surface area contributed by atoms with Gasteiger partial charge < -0.3 is 19.8 Å². The van der Waals surface area contributed by atoms with Gasteiger partial charge in [0, 0.05) is 29.9 Å². The van der Waals surface area contributed by atoms with Gasteiger partial charge in [-0.2, -0.15) is 0 Å². The summed E-state index contributed by atoms with van der Waals surface area (Å²) < 4.78 is 13.5. The first-order valence-corrected chi connectivity index (χ1v) is 9.90. The summed E-state index contributed by atoms with van der Waals surface area (Å²) >= 11 is 0. The van der Waals surface area contributed by atoms with Gasteiger partial charge in [0.1, 0.15) is 24.7 Å². The Balaban J connectivity index is 1.69. The maximum Gasteiger partial charge on any atom is 0.248 e. The molecule has 0 radical (unpaired) electrons. The van der Waals surface area contributed by atoms with Crippen molar-refractivity contribution >= 4 is 5.91 Å². The fourth-order valence-electron chi connectivity index (χ4n) is 3.74. The third kappa shape index (κ3) is 3.40. The molecule has 0 saturated carbocycles. The van der Waals surface area contributed by atoms with Crippen LogP contribution in [0.3, 0.4) is 0 Å². The molecule has 1 amide bonds. The van der Waals surface area contributed by atoms with Crippen LogP contribution in [0.2, 0.25) is 0 Å². The van der Waals surface area contributed by atoms with Gasteiger partial charge in [-0.25, -0.2) is 4.98 Å². The summed E-state index contributed by atoms with van der Waals surface area (Å²) in [5, 5.41) is 0. The van der Waals surface area contributed by atoms with Crippen LogP contribution >= 0.6 is 0 Å². The molecule has 0 aliphatic carbocycles. The van der Waals surface area contributed by atoms with Crippen molar-refractivity contribution in [2.45, 2.75) is 0 Å². The number of hydrogen-bond donors (Lipinski definition) is 1. The molecule has 7 nitrogen and oxygen atoms in total. The van der Waals surface area contributed by atoms with Crippen LogP contribution in [0.25, 0.3) is 34.0 Å². The van der Waals surface area contributed by atoms with Crippen LogP contribution in [0, 0.1) is 0 Å². The van der Waals surface area contributed by atoms with E-state index in [9.17, 15) is 4.79 Å². The Morgan fingerprint density at radius 2 is 1.71 bits per heavy atom. The Hall–Kier alpha value is -4.13. The molecule has 7 heteroatoms. The highest BCUT2D eigenvalue weighted by Crippen LogP contribution is 2.39. The van der Waals surface area contributed by atoms with E-state index in [1.807, 2.05) is 60.1 Å². The molecule has 0 spiro atoms. The van der Waals surface area contributed by atoms with Crippen LogP contribution in [-0.2, 0) is 7.05 Å². The lowest BCUT2D eigenvalue weighted by atomic mass is 10.1. The predicted octanol–water partition coefficient (Wildman–Crippen LogP) is 3.69. The first kappa shape index (κ1) is 18.9. The molecule has 0 fully saturated rings. The lowest BCUT2D eigenvalue weighted by Gasteiger charge is -2.19. The highest BCUT2D eigenvalue weighted by molar-refractivity contribution is 5.93. The zero-order valence-electron chi connectivity index (χ0n) is 16.9. The maximum absolute atomic E-state index is 11.4. The summed E-state index contributed by atoms with van der Waals surface area (Å²) in [5.41, 5.74) is 10.1. The molecule has 1 aliphatic heterocycles. The van der Waals surface area contributed by atoms with Gasteiger partial charge in [0.2, 0.25) is 5.91 Å². The molecule has 31 heavy (non-hydrogen) atoms. The number of benzene rings is 2. The van der Waals surface area contributed by atoms with Crippen molar-refractivity contribution in [2.24, 2.45) is 12.8 Å². The molecule has 2 aromatic heterocycles. The van der Waals surface area contributed by atoms with Gasteiger partial charge in [0.25, 0.3) is 0 Å². The molecule has 2 N–H and O–H groups in total. The van der Waals surface area contributed by atoms with Gasteiger partial charge in [-0.15, -0.1) is 0 Å². The van der Waals surface area contributed by atoms with E-state index in [0.717, 1.165) is 39.8 Å². The number of fused-ring (bicyclic) bond motifs is 1. The first-order valence-electron chi connectivity index (χ1n) is 9.90. The number of rotatable bonds is 4. The molecule has 0 bridgehead atoms. The highest BCUT2D eigenvalue weighted by Gasteiger charge is 2.22. The Morgan fingerprint density at radius 3 is 2.42 bits per heavy atom. The monoisotopic (exact) mass is 412 g/mol. The largest absolute Gasteiger partial charge is 0.486 e. The quantitative estimate of drug-likeness (QED) is 0.552. The number of pyridine rings is 1. The van der Waals surface area contributed by atoms with E-state index < -0.39 is 5.91 Å². The summed E-state index contributed by atoms with van der Waals surface area (Å²) in [5.74, 6) is 1.74. The van der Waals surface area contributed by atoms with Crippen molar-refractivity contribution in [1.29, 1.82) is 0 Å². The zero-order chi connectivity index (χ0) is 21.4. The third-order valence-corrected chi connectivity index (χ3v) is 5.25. The number of carbonyl (C=O) groups is 1. The molecular formula is C24H20N4O3. The van der Waals surface area contributed by atoms with Crippen LogP contribution in [-0.4, -0.2) is 33.7 Å². The maximum atomic E-state index is 11.4. The van der Waals surface area contributed by atoms with E-state index in [0.29, 0.717) is 24.5 Å². The summed E-state index contributed by atoms with van der Waals surface area (Å²) in [6, 6.07) is 18.7. The lowest BCUT2D eigenvalue weighted by Crippen LogP contribution is -2.15. The van der Waals surface area contributed by atoms with Crippen molar-refractivity contribution in [3.05, 3.63) is 72.4 Å². The second kappa shape index (κ2) is 7.60. The Morgan fingerprint density at radius 1 is 0.968 bits per heavy atom. The number of ether oxygens (including phenoxy) is 2. The van der Waals surface area contributed by atoms with Crippen molar-refractivity contribution in [1.82, 2.24) is 14.5 Å². The summed E-state index contributed by atoms with van der Waals surface area (Å²) in [6.07, 6.45) is 1.75. The second-order valence-corrected chi connectivity index (χ2v) is 7.21. The van der Waals surface area contributed by atoms with E-state index in [4.69, 9.17) is 20.2 Å². The Labute approximate surface area is 179 Å². The fourth-order valence-corrected chi connectivity index (χ4v) is 3.74. The van der Waals surface area contributed by atoms with Crippen molar-refractivity contribution in [2.75, 3.05) is 13.2 Å². The van der Waals surface area contributed by atoms with Gasteiger partial charge in [0.05, 0.1) is 11.4 Å². The normalized spacial score (nSPS) is 12.5. The van der Waals surface area contributed by atoms with Crippen LogP contribution in [0.15, 0.2) is 66.9 Å². The number of primary amides is 1. The molecule has 5 rings (SSSR count). The smallest absolute Gasteiger partial charge is 0.248 e. The number of imidazole rings is 1. The number of nitrogens with zero attached hydrogens (tertiary/aromatic N) is 3. The van der Waals surface area contributed by atoms with Crippen molar-refractivity contribution < 1.29 is 14.3 Å². The minimum Gasteiger partial charge on any atom is -0.486 e. The number of amides is 1. The second-order valence-electron chi connectivity index (χ2n) is 7.21. The fraction of sp³-hybridized carbons (Fsp3) is 0.125. The Kier molecular flexibility index (Phi) is 4.63. The number of aromatic nitrogens is 3. The van der Waals surface area contributed by atoms with Crippen LogP contribution in [0.4, 0.5) is 0 Å². The van der Waals surface area contributed by atoms with E-state index >= 15 is 0 Å². The molecule has 154 valence electrons. The molecule has 1 aliphatic rings. The van der Waals surface area contributed by atoms with Gasteiger partial charge in [-0.05, 0) is 42.5 Å². The first-order chi connectivity index (χ1) is 15.1. The number of nitrogens with two attached hydrogens (primary N) is 1. The summed E-state index contributed by atoms with van der Waals surface area (Å²) in [6.45, 7) is 1.06. The highest BCUT2D eigenvalue weighted by atomic mass is 16.6. The molecule has 0 atom stereocenters. The average molecular weight is 412 g/mol. The standard InChI is InChI=1S/C24H20N4O3/c1-28-22(17-9-10-19-20(14-17)31-13-12-30-19)21(18-4-2-3-11-26-18)27-24(28)16-7-5-15(6-8-16)23(25)29/h2-11,14H,12-13H2,1H3,(H2,25,29). The Bertz CT molecular complexity index is 1260. The minimum atomic E-state index is -0.461. The van der Waals surface area contributed by atoms with Gasteiger partial charge in [-0.3, -0.25) is 9.78 Å².